The predicted octanol–water partition coefficient (Wildman–Crippen LogP) is 2.53. The van der Waals surface area contributed by atoms with Crippen LogP contribution in [0.4, 0.5) is 0 Å². The van der Waals surface area contributed by atoms with Gasteiger partial charge in [0.1, 0.15) is 17.9 Å². The van der Waals surface area contributed by atoms with Crippen molar-refractivity contribution in [2.75, 3.05) is 13.7 Å². The van der Waals surface area contributed by atoms with Crippen molar-refractivity contribution in [2.24, 2.45) is 4.99 Å². The highest BCUT2D eigenvalue weighted by atomic mass is 16.5. The van der Waals surface area contributed by atoms with Crippen LogP contribution in [0.2, 0.25) is 0 Å². The monoisotopic (exact) mass is 364 g/mol. The van der Waals surface area contributed by atoms with E-state index in [1.807, 2.05) is 54.1 Å². The van der Waals surface area contributed by atoms with E-state index in [2.05, 4.69) is 25.6 Å². The molecule has 0 atom stereocenters. The van der Waals surface area contributed by atoms with Gasteiger partial charge in [0.05, 0.1) is 6.61 Å². The van der Waals surface area contributed by atoms with Crippen molar-refractivity contribution < 1.29 is 4.74 Å². The Bertz CT molecular complexity index is 876. The molecule has 140 valence electrons. The van der Waals surface area contributed by atoms with Crippen molar-refractivity contribution in [1.29, 1.82) is 0 Å². The van der Waals surface area contributed by atoms with Crippen LogP contribution in [0.1, 0.15) is 18.1 Å². The second-order valence-electron chi connectivity index (χ2n) is 5.81. The molecule has 7 heteroatoms. The van der Waals surface area contributed by atoms with Gasteiger partial charge in [-0.1, -0.05) is 18.2 Å². The highest BCUT2D eigenvalue weighted by Crippen LogP contribution is 2.17. The van der Waals surface area contributed by atoms with E-state index in [1.54, 1.807) is 25.8 Å². The molecule has 0 bridgehead atoms. The van der Waals surface area contributed by atoms with Crippen LogP contribution in [0.15, 0.2) is 66.3 Å². The average molecular weight is 364 g/mol. The van der Waals surface area contributed by atoms with Crippen LogP contribution >= 0.6 is 0 Å². The first kappa shape index (κ1) is 18.4. The van der Waals surface area contributed by atoms with Crippen LogP contribution in [0.3, 0.4) is 0 Å². The molecule has 2 heterocycles. The van der Waals surface area contributed by atoms with Gasteiger partial charge in [-0.3, -0.25) is 9.56 Å². The van der Waals surface area contributed by atoms with E-state index in [0.29, 0.717) is 19.7 Å². The molecule has 0 aliphatic carbocycles. The van der Waals surface area contributed by atoms with Gasteiger partial charge in [-0.2, -0.15) is 0 Å². The number of aliphatic imine (C=N–C) groups is 1. The summed E-state index contributed by atoms with van der Waals surface area (Å²) in [6.07, 6.45) is 7.13. The molecule has 7 nitrogen and oxygen atoms in total. The maximum Gasteiger partial charge on any atom is 0.191 e. The first-order valence-corrected chi connectivity index (χ1v) is 8.88. The Morgan fingerprint density at radius 2 is 2.00 bits per heavy atom. The van der Waals surface area contributed by atoms with Crippen LogP contribution in [0.5, 0.6) is 5.75 Å². The van der Waals surface area contributed by atoms with Crippen molar-refractivity contribution in [1.82, 2.24) is 25.2 Å². The lowest BCUT2D eigenvalue weighted by atomic mass is 10.2. The van der Waals surface area contributed by atoms with Gasteiger partial charge in [-0.25, -0.2) is 9.97 Å². The highest BCUT2D eigenvalue weighted by Gasteiger charge is 2.05. The standard InChI is InChI=1S/C20H24N6O/c1-3-27-18-7-5-4-6-17(18)14-25-20(21-2)24-13-16-8-9-23-19(12-16)26-11-10-22-15-26/h4-12,15H,3,13-14H2,1-2H3,(H2,21,24,25). The third kappa shape index (κ3) is 5.07. The Kier molecular flexibility index (Phi) is 6.40. The number of nitrogens with one attached hydrogen (secondary N) is 2. The lowest BCUT2D eigenvalue weighted by Crippen LogP contribution is -2.36. The first-order valence-electron chi connectivity index (χ1n) is 8.88. The summed E-state index contributed by atoms with van der Waals surface area (Å²) in [5.74, 6) is 2.45. The summed E-state index contributed by atoms with van der Waals surface area (Å²) in [6.45, 7) is 3.90. The minimum atomic E-state index is 0.631. The molecule has 0 fully saturated rings. The van der Waals surface area contributed by atoms with Gasteiger partial charge < -0.3 is 15.4 Å². The van der Waals surface area contributed by atoms with Crippen molar-refractivity contribution in [2.45, 2.75) is 20.0 Å². The molecular weight excluding hydrogens is 340 g/mol. The summed E-state index contributed by atoms with van der Waals surface area (Å²) in [6, 6.07) is 12.0. The summed E-state index contributed by atoms with van der Waals surface area (Å²) in [7, 11) is 1.76. The molecular formula is C20H24N6O. The van der Waals surface area contributed by atoms with E-state index in [-0.39, 0.29) is 0 Å². The van der Waals surface area contributed by atoms with Crippen molar-refractivity contribution in [3.05, 3.63) is 72.4 Å². The summed E-state index contributed by atoms with van der Waals surface area (Å²) in [4.78, 5) is 12.7. The maximum absolute atomic E-state index is 5.67. The molecule has 0 radical (unpaired) electrons. The van der Waals surface area contributed by atoms with E-state index in [0.717, 1.165) is 28.7 Å². The van der Waals surface area contributed by atoms with Gasteiger partial charge in [0.2, 0.25) is 0 Å². The zero-order chi connectivity index (χ0) is 18.9. The molecule has 0 aliphatic heterocycles. The topological polar surface area (TPSA) is 76.4 Å². The molecule has 0 saturated heterocycles. The van der Waals surface area contributed by atoms with Crippen molar-refractivity contribution in [3.8, 4) is 11.6 Å². The number of para-hydroxylation sites is 1. The average Bonchev–Trinajstić information content (AvgIpc) is 3.25. The molecule has 0 aliphatic rings. The van der Waals surface area contributed by atoms with Crippen LogP contribution < -0.4 is 15.4 Å². The Labute approximate surface area is 159 Å². The van der Waals surface area contributed by atoms with Crippen LogP contribution in [-0.4, -0.2) is 34.1 Å². The molecule has 27 heavy (non-hydrogen) atoms. The van der Waals surface area contributed by atoms with Gasteiger partial charge in [0.25, 0.3) is 0 Å². The number of hydrogen-bond donors (Lipinski definition) is 2. The quantitative estimate of drug-likeness (QED) is 0.498. The number of rotatable bonds is 7. The number of aromatic nitrogens is 3. The zero-order valence-corrected chi connectivity index (χ0v) is 15.6. The summed E-state index contributed by atoms with van der Waals surface area (Å²) < 4.78 is 7.54. The number of hydrogen-bond acceptors (Lipinski definition) is 4. The first-order chi connectivity index (χ1) is 13.3. The lowest BCUT2D eigenvalue weighted by molar-refractivity contribution is 0.336. The maximum atomic E-state index is 5.67. The van der Waals surface area contributed by atoms with E-state index in [1.165, 1.54) is 0 Å². The van der Waals surface area contributed by atoms with E-state index in [4.69, 9.17) is 4.74 Å². The minimum absolute atomic E-state index is 0.631. The number of benzene rings is 1. The Morgan fingerprint density at radius 3 is 2.78 bits per heavy atom. The van der Waals surface area contributed by atoms with Crippen molar-refractivity contribution >= 4 is 5.96 Å². The Balaban J connectivity index is 1.58. The summed E-state index contributed by atoms with van der Waals surface area (Å²) in [5.41, 5.74) is 2.19. The Hall–Kier alpha value is -3.35. The smallest absolute Gasteiger partial charge is 0.191 e. The largest absolute Gasteiger partial charge is 0.494 e. The molecule has 0 saturated carbocycles. The van der Waals surface area contributed by atoms with Gasteiger partial charge in [-0.05, 0) is 30.7 Å². The van der Waals surface area contributed by atoms with Gasteiger partial charge >= 0.3 is 0 Å². The predicted molar refractivity (Wildman–Crippen MR) is 106 cm³/mol. The van der Waals surface area contributed by atoms with E-state index >= 15 is 0 Å². The van der Waals surface area contributed by atoms with Gasteiger partial charge in [0.15, 0.2) is 5.96 Å². The fraction of sp³-hybridized carbons (Fsp3) is 0.250. The van der Waals surface area contributed by atoms with Crippen LogP contribution in [-0.2, 0) is 13.1 Å². The highest BCUT2D eigenvalue weighted by molar-refractivity contribution is 5.79. The number of ether oxygens (including phenoxy) is 1. The molecule has 3 aromatic rings. The molecule has 1 aromatic carbocycles. The Morgan fingerprint density at radius 1 is 1.15 bits per heavy atom. The van der Waals surface area contributed by atoms with Crippen LogP contribution in [0, 0.1) is 0 Å². The SMILES string of the molecule is CCOc1ccccc1CNC(=NC)NCc1ccnc(-n2ccnc2)c1. The lowest BCUT2D eigenvalue weighted by Gasteiger charge is -2.14. The molecule has 0 amide bonds. The normalized spacial score (nSPS) is 11.3. The number of nitrogens with zero attached hydrogens (tertiary/aromatic N) is 4. The number of pyridine rings is 1. The summed E-state index contributed by atoms with van der Waals surface area (Å²) >= 11 is 0. The third-order valence-corrected chi connectivity index (χ3v) is 3.98. The fourth-order valence-electron chi connectivity index (χ4n) is 2.64. The third-order valence-electron chi connectivity index (χ3n) is 3.98. The second-order valence-corrected chi connectivity index (χ2v) is 5.81. The number of guanidine groups is 1. The van der Waals surface area contributed by atoms with Crippen molar-refractivity contribution in [3.63, 3.8) is 0 Å². The minimum Gasteiger partial charge on any atom is -0.494 e. The number of imidazole rings is 1. The molecule has 3 rings (SSSR count). The molecule has 0 unspecified atom stereocenters. The van der Waals surface area contributed by atoms with Crippen LogP contribution in [0.25, 0.3) is 5.82 Å². The van der Waals surface area contributed by atoms with E-state index in [9.17, 15) is 0 Å². The van der Waals surface area contributed by atoms with E-state index < -0.39 is 0 Å². The zero-order valence-electron chi connectivity index (χ0n) is 15.6. The van der Waals surface area contributed by atoms with Gasteiger partial charge in [0, 0.05) is 44.3 Å². The molecule has 2 N–H and O–H groups in total. The molecule has 0 spiro atoms. The summed E-state index contributed by atoms with van der Waals surface area (Å²) in [5, 5.41) is 6.65. The fourth-order valence-corrected chi connectivity index (χ4v) is 2.64. The molecule has 2 aromatic heterocycles. The van der Waals surface area contributed by atoms with Gasteiger partial charge in [-0.15, -0.1) is 0 Å². The second kappa shape index (κ2) is 9.38.